The number of hydrogen-bond donors (Lipinski definition) is 0. The Bertz CT molecular complexity index is 1120. The largest absolute Gasteiger partial charge is 0.204 e. The SMILES string of the molecule is CCCCC1CCC(c2ccc(-c3ccc(CCc4cc(F)c(F)c(F)c4)c(F)c3F)cc2)CC1. The topological polar surface area (TPSA) is 0 Å². The lowest BCUT2D eigenvalue weighted by atomic mass is 9.77. The molecule has 0 nitrogen and oxygen atoms in total. The molecule has 4 rings (SSSR count). The van der Waals surface area contributed by atoms with Gasteiger partial charge in [-0.2, -0.15) is 0 Å². The second kappa shape index (κ2) is 11.4. The van der Waals surface area contributed by atoms with E-state index in [9.17, 15) is 22.0 Å². The van der Waals surface area contributed by atoms with Crippen LogP contribution in [0.25, 0.3) is 11.1 Å². The summed E-state index contributed by atoms with van der Waals surface area (Å²) in [5.74, 6) is -4.69. The van der Waals surface area contributed by atoms with E-state index in [1.54, 1.807) is 0 Å². The monoisotopic (exact) mass is 486 g/mol. The number of hydrogen-bond acceptors (Lipinski definition) is 0. The molecule has 1 aliphatic carbocycles. The lowest BCUT2D eigenvalue weighted by Gasteiger charge is -2.29. The molecule has 0 spiro atoms. The van der Waals surface area contributed by atoms with Gasteiger partial charge in [-0.3, -0.25) is 0 Å². The van der Waals surface area contributed by atoms with E-state index >= 15 is 0 Å². The van der Waals surface area contributed by atoms with E-state index in [0.29, 0.717) is 11.5 Å². The van der Waals surface area contributed by atoms with Crippen molar-refractivity contribution in [3.63, 3.8) is 0 Å². The maximum atomic E-state index is 14.9. The van der Waals surface area contributed by atoms with Crippen LogP contribution in [0.1, 0.15) is 74.5 Å². The van der Waals surface area contributed by atoms with Gasteiger partial charge in [-0.05, 0) is 84.7 Å². The average Bonchev–Trinajstić information content (AvgIpc) is 2.87. The molecule has 0 unspecified atom stereocenters. The zero-order chi connectivity index (χ0) is 24.9. The van der Waals surface area contributed by atoms with Gasteiger partial charge >= 0.3 is 0 Å². The molecule has 186 valence electrons. The first-order valence-corrected chi connectivity index (χ1v) is 12.6. The normalized spacial score (nSPS) is 18.1. The van der Waals surface area contributed by atoms with Crippen molar-refractivity contribution in [1.82, 2.24) is 0 Å². The fraction of sp³-hybridized carbons (Fsp3) is 0.400. The second-order valence-corrected chi connectivity index (χ2v) is 9.76. The van der Waals surface area contributed by atoms with E-state index in [2.05, 4.69) is 6.92 Å². The molecule has 3 aromatic rings. The van der Waals surface area contributed by atoms with Gasteiger partial charge < -0.3 is 0 Å². The van der Waals surface area contributed by atoms with Crippen LogP contribution in [-0.4, -0.2) is 0 Å². The Kier molecular flexibility index (Phi) is 8.25. The zero-order valence-electron chi connectivity index (χ0n) is 20.0. The molecule has 0 atom stereocenters. The van der Waals surface area contributed by atoms with E-state index in [-0.39, 0.29) is 29.5 Å². The molecule has 5 heteroatoms. The molecule has 0 heterocycles. The minimum Gasteiger partial charge on any atom is -0.204 e. The van der Waals surface area contributed by atoms with Crippen molar-refractivity contribution < 1.29 is 22.0 Å². The van der Waals surface area contributed by atoms with Gasteiger partial charge in [-0.1, -0.05) is 62.6 Å². The number of unbranched alkanes of at least 4 members (excludes halogenated alkanes) is 1. The van der Waals surface area contributed by atoms with Gasteiger partial charge in [-0.25, -0.2) is 22.0 Å². The molecule has 0 aliphatic heterocycles. The first-order valence-electron chi connectivity index (χ1n) is 12.6. The number of benzene rings is 3. The number of rotatable bonds is 8. The van der Waals surface area contributed by atoms with Crippen LogP contribution in [0.15, 0.2) is 48.5 Å². The van der Waals surface area contributed by atoms with Crippen molar-refractivity contribution in [3.05, 3.63) is 94.3 Å². The highest BCUT2D eigenvalue weighted by molar-refractivity contribution is 5.65. The van der Waals surface area contributed by atoms with E-state index in [1.807, 2.05) is 24.3 Å². The predicted octanol–water partition coefficient (Wildman–Crippen LogP) is 9.30. The Hall–Kier alpha value is -2.69. The fourth-order valence-electron chi connectivity index (χ4n) is 5.25. The highest BCUT2D eigenvalue weighted by Crippen LogP contribution is 2.38. The fourth-order valence-corrected chi connectivity index (χ4v) is 5.25. The number of halogens is 5. The molecule has 1 saturated carbocycles. The highest BCUT2D eigenvalue weighted by Gasteiger charge is 2.22. The molecule has 35 heavy (non-hydrogen) atoms. The Morgan fingerprint density at radius 3 is 2.00 bits per heavy atom. The maximum Gasteiger partial charge on any atom is 0.194 e. The Morgan fingerprint density at radius 2 is 1.37 bits per heavy atom. The summed E-state index contributed by atoms with van der Waals surface area (Å²) in [5, 5.41) is 0. The molecule has 0 aromatic heterocycles. The van der Waals surface area contributed by atoms with Gasteiger partial charge in [0.15, 0.2) is 29.1 Å². The zero-order valence-corrected chi connectivity index (χ0v) is 20.0. The van der Waals surface area contributed by atoms with Crippen molar-refractivity contribution in [2.45, 2.75) is 70.6 Å². The van der Waals surface area contributed by atoms with Crippen LogP contribution in [0.3, 0.4) is 0 Å². The molecule has 1 aliphatic rings. The quantitative estimate of drug-likeness (QED) is 0.220. The Balaban J connectivity index is 1.42. The standard InChI is InChI=1S/C30H31F5/c1-2-3-4-19-5-8-21(9-6-19)22-11-13-23(14-12-22)25-16-15-24(28(33)29(25)34)10-7-20-17-26(31)30(35)27(32)18-20/h11-19,21H,2-10H2,1H3. The molecular formula is C30H31F5. The minimum absolute atomic E-state index is 0.0351. The van der Waals surface area contributed by atoms with Crippen LogP contribution in [0.4, 0.5) is 22.0 Å². The van der Waals surface area contributed by atoms with Gasteiger partial charge in [0.25, 0.3) is 0 Å². The van der Waals surface area contributed by atoms with Crippen LogP contribution < -0.4 is 0 Å². The van der Waals surface area contributed by atoms with Crippen LogP contribution in [0.5, 0.6) is 0 Å². The van der Waals surface area contributed by atoms with Crippen LogP contribution in [-0.2, 0) is 12.8 Å². The second-order valence-electron chi connectivity index (χ2n) is 9.76. The van der Waals surface area contributed by atoms with E-state index in [0.717, 1.165) is 18.1 Å². The first-order chi connectivity index (χ1) is 16.9. The lowest BCUT2D eigenvalue weighted by Crippen LogP contribution is -2.13. The van der Waals surface area contributed by atoms with Crippen LogP contribution in [0.2, 0.25) is 0 Å². The minimum atomic E-state index is -1.54. The summed E-state index contributed by atoms with van der Waals surface area (Å²) in [5.41, 5.74) is 2.32. The third kappa shape index (κ3) is 5.94. The van der Waals surface area contributed by atoms with Gasteiger partial charge in [0.2, 0.25) is 0 Å². The molecule has 0 N–H and O–H groups in total. The van der Waals surface area contributed by atoms with E-state index < -0.39 is 29.1 Å². The summed E-state index contributed by atoms with van der Waals surface area (Å²) < 4.78 is 69.6. The summed E-state index contributed by atoms with van der Waals surface area (Å²) in [6.07, 6.45) is 8.81. The highest BCUT2D eigenvalue weighted by atomic mass is 19.2. The van der Waals surface area contributed by atoms with Crippen molar-refractivity contribution in [2.24, 2.45) is 5.92 Å². The number of aryl methyl sites for hydroxylation is 2. The van der Waals surface area contributed by atoms with Gasteiger partial charge in [-0.15, -0.1) is 0 Å². The van der Waals surface area contributed by atoms with Crippen molar-refractivity contribution in [2.75, 3.05) is 0 Å². The Morgan fingerprint density at radius 1 is 0.714 bits per heavy atom. The summed E-state index contributed by atoms with van der Waals surface area (Å²) in [6.45, 7) is 2.23. The van der Waals surface area contributed by atoms with E-state index in [1.165, 1.54) is 62.6 Å². The van der Waals surface area contributed by atoms with Gasteiger partial charge in [0.1, 0.15) is 0 Å². The molecule has 0 saturated heterocycles. The third-order valence-corrected chi connectivity index (χ3v) is 7.39. The van der Waals surface area contributed by atoms with Crippen LogP contribution in [0, 0.1) is 35.0 Å². The van der Waals surface area contributed by atoms with E-state index in [4.69, 9.17) is 0 Å². The maximum absolute atomic E-state index is 14.9. The predicted molar refractivity (Wildman–Crippen MR) is 130 cm³/mol. The summed E-state index contributed by atoms with van der Waals surface area (Å²) in [4.78, 5) is 0. The Labute approximate surface area is 204 Å². The molecule has 0 amide bonds. The summed E-state index contributed by atoms with van der Waals surface area (Å²) in [7, 11) is 0. The first kappa shape index (κ1) is 25.4. The third-order valence-electron chi connectivity index (χ3n) is 7.39. The van der Waals surface area contributed by atoms with Crippen LogP contribution >= 0.6 is 0 Å². The molecule has 0 bridgehead atoms. The van der Waals surface area contributed by atoms with Crippen molar-refractivity contribution >= 4 is 0 Å². The summed E-state index contributed by atoms with van der Waals surface area (Å²) in [6, 6.07) is 12.5. The lowest BCUT2D eigenvalue weighted by molar-refractivity contribution is 0.304. The molecule has 3 aromatic carbocycles. The summed E-state index contributed by atoms with van der Waals surface area (Å²) >= 11 is 0. The molecular weight excluding hydrogens is 455 g/mol. The van der Waals surface area contributed by atoms with Gasteiger partial charge in [0, 0.05) is 5.56 Å². The molecule has 1 fully saturated rings. The van der Waals surface area contributed by atoms with Crippen molar-refractivity contribution in [3.8, 4) is 11.1 Å². The van der Waals surface area contributed by atoms with Crippen molar-refractivity contribution in [1.29, 1.82) is 0 Å². The average molecular weight is 487 g/mol. The smallest absolute Gasteiger partial charge is 0.194 e. The van der Waals surface area contributed by atoms with Gasteiger partial charge in [0.05, 0.1) is 0 Å². The molecule has 0 radical (unpaired) electrons.